The summed E-state index contributed by atoms with van der Waals surface area (Å²) in [6, 6.07) is 8.20. The van der Waals surface area contributed by atoms with Gasteiger partial charge in [0.2, 0.25) is 5.09 Å². The molecule has 0 atom stereocenters. The smallest absolute Gasteiger partial charge is 0.276 e. The second-order valence-corrected chi connectivity index (χ2v) is 6.61. The van der Waals surface area contributed by atoms with Crippen LogP contribution in [0.5, 0.6) is 0 Å². The van der Waals surface area contributed by atoms with Gasteiger partial charge in [0.1, 0.15) is 11.4 Å². The third-order valence-corrected chi connectivity index (χ3v) is 5.03. The van der Waals surface area contributed by atoms with Crippen LogP contribution in [-0.2, 0) is 15.6 Å². The van der Waals surface area contributed by atoms with Crippen LogP contribution in [0.25, 0.3) is 0 Å². The Balaban J connectivity index is 1.80. The highest BCUT2D eigenvalue weighted by Crippen LogP contribution is 2.35. The molecule has 0 spiro atoms. The average molecular weight is 297 g/mol. The lowest BCUT2D eigenvalue weighted by molar-refractivity contribution is -0.0653. The second-order valence-electron chi connectivity index (χ2n) is 4.74. The molecular formula is C13H12FNO4S. The Morgan fingerprint density at radius 1 is 1.20 bits per heavy atom. The summed E-state index contributed by atoms with van der Waals surface area (Å²) in [4.78, 5) is 0. The van der Waals surface area contributed by atoms with Gasteiger partial charge in [-0.25, -0.2) is 12.8 Å². The normalized spacial score (nSPS) is 18.7. The predicted octanol–water partition coefficient (Wildman–Crippen LogP) is 1.31. The van der Waals surface area contributed by atoms with E-state index in [1.54, 1.807) is 0 Å². The van der Waals surface area contributed by atoms with Gasteiger partial charge >= 0.3 is 0 Å². The zero-order valence-electron chi connectivity index (χ0n) is 10.4. The first kappa shape index (κ1) is 13.3. The number of sulfonamides is 1. The standard InChI is InChI=1S/C13H12FNO4S/c14-11-5-3-10(4-6-11)13(16)8-15(9-13)20(17,18)12-2-1-7-19-12/h1-7,16H,8-9H2. The molecule has 20 heavy (non-hydrogen) atoms. The molecule has 1 aliphatic heterocycles. The summed E-state index contributed by atoms with van der Waals surface area (Å²) in [6.45, 7) is -0.163. The summed E-state index contributed by atoms with van der Waals surface area (Å²) >= 11 is 0. The first-order valence-electron chi connectivity index (χ1n) is 5.94. The first-order valence-corrected chi connectivity index (χ1v) is 7.38. The molecule has 2 aromatic rings. The van der Waals surface area contributed by atoms with Crippen molar-refractivity contribution in [1.82, 2.24) is 4.31 Å². The van der Waals surface area contributed by atoms with Crippen molar-refractivity contribution in [2.24, 2.45) is 0 Å². The van der Waals surface area contributed by atoms with E-state index in [2.05, 4.69) is 0 Å². The molecule has 1 fully saturated rings. The van der Waals surface area contributed by atoms with E-state index in [-0.39, 0.29) is 18.2 Å². The van der Waals surface area contributed by atoms with Crippen LogP contribution in [0.4, 0.5) is 4.39 Å². The van der Waals surface area contributed by atoms with Crippen LogP contribution in [0.15, 0.2) is 52.2 Å². The molecule has 0 aliphatic carbocycles. The Morgan fingerprint density at radius 3 is 2.40 bits per heavy atom. The van der Waals surface area contributed by atoms with Crippen LogP contribution in [0.2, 0.25) is 0 Å². The Bertz CT molecular complexity index is 703. The fraction of sp³-hybridized carbons (Fsp3) is 0.231. The van der Waals surface area contributed by atoms with E-state index < -0.39 is 21.4 Å². The molecule has 0 saturated carbocycles. The topological polar surface area (TPSA) is 70.8 Å². The third-order valence-electron chi connectivity index (χ3n) is 3.35. The van der Waals surface area contributed by atoms with Crippen molar-refractivity contribution in [3.8, 4) is 0 Å². The maximum atomic E-state index is 12.8. The summed E-state index contributed by atoms with van der Waals surface area (Å²) in [7, 11) is -3.71. The van der Waals surface area contributed by atoms with Crippen molar-refractivity contribution in [2.75, 3.05) is 13.1 Å². The van der Waals surface area contributed by atoms with Gasteiger partial charge in [-0.15, -0.1) is 0 Å². The number of benzene rings is 1. The number of halogens is 1. The molecule has 1 N–H and O–H groups in total. The fourth-order valence-electron chi connectivity index (χ4n) is 2.19. The van der Waals surface area contributed by atoms with Gasteiger partial charge in [0.15, 0.2) is 0 Å². The molecule has 1 aromatic carbocycles. The molecule has 1 aliphatic rings. The largest absolute Gasteiger partial charge is 0.452 e. The number of aliphatic hydroxyl groups is 1. The Hall–Kier alpha value is -1.70. The van der Waals surface area contributed by atoms with Crippen LogP contribution in [0, 0.1) is 5.82 Å². The van der Waals surface area contributed by atoms with Crippen molar-refractivity contribution < 1.29 is 22.3 Å². The van der Waals surface area contributed by atoms with Gasteiger partial charge in [0.25, 0.3) is 10.0 Å². The summed E-state index contributed by atoms with van der Waals surface area (Å²) < 4.78 is 43.1. The van der Waals surface area contributed by atoms with Gasteiger partial charge in [-0.1, -0.05) is 12.1 Å². The molecule has 2 heterocycles. The van der Waals surface area contributed by atoms with Gasteiger partial charge in [0.05, 0.1) is 6.26 Å². The number of rotatable bonds is 3. The molecule has 1 saturated heterocycles. The lowest BCUT2D eigenvalue weighted by atomic mass is 9.88. The summed E-state index contributed by atoms with van der Waals surface area (Å²) in [5, 5.41) is 10.2. The molecule has 0 unspecified atom stereocenters. The van der Waals surface area contributed by atoms with Gasteiger partial charge in [0, 0.05) is 13.1 Å². The fourth-order valence-corrected chi connectivity index (χ4v) is 3.64. The monoisotopic (exact) mass is 297 g/mol. The molecule has 0 amide bonds. The van der Waals surface area contributed by atoms with Gasteiger partial charge in [-0.3, -0.25) is 0 Å². The molecule has 7 heteroatoms. The molecule has 0 radical (unpaired) electrons. The number of β-amino-alcohol motifs (C(OH)–C–C–N with tert-alkyl or cyclic N) is 1. The average Bonchev–Trinajstić information content (AvgIpc) is 2.90. The Morgan fingerprint density at radius 2 is 1.85 bits per heavy atom. The van der Waals surface area contributed by atoms with E-state index >= 15 is 0 Å². The van der Waals surface area contributed by atoms with Crippen LogP contribution in [-0.4, -0.2) is 30.9 Å². The number of furan rings is 1. The summed E-state index contributed by atoms with van der Waals surface area (Å²) in [5.41, 5.74) is -0.794. The highest BCUT2D eigenvalue weighted by molar-refractivity contribution is 7.89. The summed E-state index contributed by atoms with van der Waals surface area (Å²) in [5.74, 6) is -0.406. The van der Waals surface area contributed by atoms with Crippen molar-refractivity contribution in [1.29, 1.82) is 0 Å². The lowest BCUT2D eigenvalue weighted by Gasteiger charge is -2.45. The second kappa shape index (κ2) is 4.41. The molecule has 3 rings (SSSR count). The van der Waals surface area contributed by atoms with Crippen LogP contribution < -0.4 is 0 Å². The maximum absolute atomic E-state index is 12.8. The zero-order valence-corrected chi connectivity index (χ0v) is 11.2. The minimum absolute atomic E-state index is 0.0817. The van der Waals surface area contributed by atoms with E-state index in [4.69, 9.17) is 4.42 Å². The predicted molar refractivity (Wildman–Crippen MR) is 67.8 cm³/mol. The molecule has 0 bridgehead atoms. The third kappa shape index (κ3) is 2.04. The minimum atomic E-state index is -3.71. The maximum Gasteiger partial charge on any atom is 0.276 e. The zero-order chi connectivity index (χ0) is 14.4. The van der Waals surface area contributed by atoms with E-state index in [9.17, 15) is 17.9 Å². The van der Waals surface area contributed by atoms with Gasteiger partial charge in [-0.05, 0) is 29.8 Å². The molecule has 5 nitrogen and oxygen atoms in total. The van der Waals surface area contributed by atoms with Crippen LogP contribution >= 0.6 is 0 Å². The van der Waals surface area contributed by atoms with Crippen LogP contribution in [0.3, 0.4) is 0 Å². The minimum Gasteiger partial charge on any atom is -0.452 e. The Kier molecular flexibility index (Phi) is 2.93. The van der Waals surface area contributed by atoms with E-state index in [1.165, 1.54) is 42.7 Å². The molecular weight excluding hydrogens is 285 g/mol. The molecule has 106 valence electrons. The summed E-state index contributed by atoms with van der Waals surface area (Å²) in [6.07, 6.45) is 1.28. The van der Waals surface area contributed by atoms with Crippen molar-refractivity contribution in [2.45, 2.75) is 10.7 Å². The Labute approximate surface area is 115 Å². The number of nitrogens with zero attached hydrogens (tertiary/aromatic N) is 1. The lowest BCUT2D eigenvalue weighted by Crippen LogP contribution is -2.60. The first-order chi connectivity index (χ1) is 9.42. The van der Waals surface area contributed by atoms with E-state index in [0.29, 0.717) is 5.56 Å². The van der Waals surface area contributed by atoms with E-state index in [0.717, 1.165) is 4.31 Å². The SMILES string of the molecule is O=S(=O)(c1ccco1)N1CC(O)(c2ccc(F)cc2)C1. The van der Waals surface area contributed by atoms with Crippen LogP contribution in [0.1, 0.15) is 5.56 Å². The van der Waals surface area contributed by atoms with E-state index in [1.807, 2.05) is 0 Å². The number of hydrogen-bond donors (Lipinski definition) is 1. The quantitative estimate of drug-likeness (QED) is 0.927. The number of hydrogen-bond acceptors (Lipinski definition) is 4. The van der Waals surface area contributed by atoms with Crippen molar-refractivity contribution in [3.63, 3.8) is 0 Å². The van der Waals surface area contributed by atoms with Gasteiger partial charge in [-0.2, -0.15) is 4.31 Å². The van der Waals surface area contributed by atoms with Gasteiger partial charge < -0.3 is 9.52 Å². The van der Waals surface area contributed by atoms with Crippen molar-refractivity contribution >= 4 is 10.0 Å². The highest BCUT2D eigenvalue weighted by atomic mass is 32.2. The van der Waals surface area contributed by atoms with Crippen molar-refractivity contribution in [3.05, 3.63) is 54.0 Å². The highest BCUT2D eigenvalue weighted by Gasteiger charge is 2.49. The molecule has 1 aromatic heterocycles.